The summed E-state index contributed by atoms with van der Waals surface area (Å²) >= 11 is 0. The van der Waals surface area contributed by atoms with E-state index >= 15 is 0 Å². The van der Waals surface area contributed by atoms with E-state index in [1.54, 1.807) is 0 Å². The second-order valence-electron chi connectivity index (χ2n) is 0. The minimum atomic E-state index is 0. The fraction of sp³-hybridized carbons (Fsp3) is 0. The van der Waals surface area contributed by atoms with Crippen LogP contribution in [0.25, 0.3) is 0 Å². The summed E-state index contributed by atoms with van der Waals surface area (Å²) < 4.78 is 0. The van der Waals surface area contributed by atoms with Crippen molar-refractivity contribution in [1.29, 1.82) is 0 Å². The predicted molar refractivity (Wildman–Crippen MR) is 0 cm³/mol. The van der Waals surface area contributed by atoms with Crippen molar-refractivity contribution in [1.82, 2.24) is 0 Å². The minimum Gasteiger partial charge on any atom is 0 e. The number of hydrogen-bond donors (Lipinski definition) is 0. The van der Waals surface area contributed by atoms with E-state index in [0.717, 1.165) is 0 Å². The third kappa shape index (κ3) is 44.6. The first-order valence-corrected chi connectivity index (χ1v) is 0. The van der Waals surface area contributed by atoms with Crippen LogP contribution < -0.4 is 0 Å². The quantitative estimate of drug-likeness (QED) is 0.313. The molecule has 0 fully saturated rings. The van der Waals surface area contributed by atoms with Gasteiger partial charge in [-0.15, -0.1) is 0 Å². The molecule has 0 bridgehead atoms. The van der Waals surface area contributed by atoms with Crippen LogP contribution in [0.5, 0.6) is 0 Å². The van der Waals surface area contributed by atoms with Gasteiger partial charge in [-0.05, 0) is 0 Å². The molecule has 0 rings (SSSR count). The Bertz CT molecular complexity index is 7.64. The summed E-state index contributed by atoms with van der Waals surface area (Å²) in [6.45, 7) is 0. The van der Waals surface area contributed by atoms with Crippen molar-refractivity contribution in [3.63, 3.8) is 0 Å². The zero-order chi connectivity index (χ0) is 0. The van der Waals surface area contributed by atoms with Gasteiger partial charge in [-0.3, -0.25) is 0 Å². The van der Waals surface area contributed by atoms with E-state index in [9.17, 15) is 0 Å². The maximum absolute atomic E-state index is 0. The molecular weight excluding hydrogens is 697 g/mol. The molecule has 0 nitrogen and oxygen atoms in total. The Morgan fingerprint density at radius 3 is 0.250 bits per heavy atom. The first kappa shape index (κ1) is 76.5. The Kier molecular flexibility index (Phi) is 565. The molecule has 0 aromatic heterocycles. The van der Waals surface area contributed by atoms with Gasteiger partial charge in [0, 0.05) is 153 Å². The molecule has 0 heterocycles. The van der Waals surface area contributed by atoms with Crippen molar-refractivity contribution in [2.24, 2.45) is 0 Å². The van der Waals surface area contributed by atoms with Crippen molar-refractivity contribution in [3.05, 3.63) is 0 Å². The molecule has 0 amide bonds. The molecule has 0 saturated heterocycles. The van der Waals surface area contributed by atoms with Crippen LogP contribution in [0.4, 0.5) is 0 Å². The fourth-order valence-electron chi connectivity index (χ4n) is 0. The van der Waals surface area contributed by atoms with Gasteiger partial charge in [0.2, 0.25) is 0 Å². The summed E-state index contributed by atoms with van der Waals surface area (Å²) in [6.07, 6.45) is 0. The van der Waals surface area contributed by atoms with E-state index in [0.29, 0.717) is 0 Å². The molecule has 0 aliphatic heterocycles. The Labute approximate surface area is 150 Å². The van der Waals surface area contributed by atoms with Gasteiger partial charge in [0.05, 0.1) is 0 Å². The number of hydrogen-bond acceptors (Lipinski definition) is 0. The van der Waals surface area contributed by atoms with Crippen molar-refractivity contribution in [2.75, 3.05) is 0 Å². The smallest absolute Gasteiger partial charge is 0 e. The molecular formula is Mn3Pd5. The molecule has 3 radical (unpaired) electrons. The third-order valence-electron chi connectivity index (χ3n) is 0. The van der Waals surface area contributed by atoms with E-state index in [1.807, 2.05) is 0 Å². The van der Waals surface area contributed by atoms with E-state index in [2.05, 4.69) is 0 Å². The second-order valence-corrected chi connectivity index (χ2v) is 0. The molecule has 71 valence electrons. The average Bonchev–Trinajstić information content (AvgIpc) is 0. The van der Waals surface area contributed by atoms with Crippen LogP contribution in [0, 0.1) is 0 Å². The molecule has 0 unspecified atom stereocenters. The first-order valence-electron chi connectivity index (χ1n) is 0. The first-order chi connectivity index (χ1) is 0. The topological polar surface area (TPSA) is 0 Å². The van der Waals surface area contributed by atoms with Gasteiger partial charge in [-0.25, -0.2) is 0 Å². The Morgan fingerprint density at radius 2 is 0.250 bits per heavy atom. The van der Waals surface area contributed by atoms with Gasteiger partial charge < -0.3 is 0 Å². The van der Waals surface area contributed by atoms with Gasteiger partial charge in [-0.2, -0.15) is 0 Å². The van der Waals surface area contributed by atoms with Crippen LogP contribution in [0.15, 0.2) is 0 Å². The maximum Gasteiger partial charge on any atom is 0 e. The van der Waals surface area contributed by atoms with Crippen LogP contribution in [0.1, 0.15) is 0 Å². The summed E-state index contributed by atoms with van der Waals surface area (Å²) in [5, 5.41) is 0. The van der Waals surface area contributed by atoms with Crippen LogP contribution >= 0.6 is 0 Å². The van der Waals surface area contributed by atoms with Crippen molar-refractivity contribution < 1.29 is 153 Å². The van der Waals surface area contributed by atoms with Crippen molar-refractivity contribution in [3.8, 4) is 0 Å². The molecule has 0 spiro atoms. The third-order valence-corrected chi connectivity index (χ3v) is 0. The van der Waals surface area contributed by atoms with Gasteiger partial charge >= 0.3 is 0 Å². The zero-order valence-corrected chi connectivity index (χ0v) is 14.0. The molecule has 0 aromatic carbocycles. The summed E-state index contributed by atoms with van der Waals surface area (Å²) in [6, 6.07) is 0. The predicted octanol–water partition coefficient (Wildman–Crippen LogP) is -0.0200. The largest absolute Gasteiger partial charge is 0 e. The van der Waals surface area contributed by atoms with Crippen molar-refractivity contribution >= 4 is 0 Å². The summed E-state index contributed by atoms with van der Waals surface area (Å²) in [7, 11) is 0. The zero-order valence-electron chi connectivity index (χ0n) is 2.72. The van der Waals surface area contributed by atoms with Crippen LogP contribution in [0.3, 0.4) is 0 Å². The Balaban J connectivity index is 0. The van der Waals surface area contributed by atoms with E-state index in [1.165, 1.54) is 0 Å². The minimum absolute atomic E-state index is 0. The molecule has 0 N–H and O–H groups in total. The normalized spacial score (nSPS) is 0. The molecule has 0 atom stereocenters. The molecule has 0 aromatic rings. The van der Waals surface area contributed by atoms with Gasteiger partial charge in [0.1, 0.15) is 0 Å². The molecule has 0 saturated carbocycles. The van der Waals surface area contributed by atoms with Crippen LogP contribution in [-0.2, 0) is 153 Å². The second kappa shape index (κ2) is 59.1. The summed E-state index contributed by atoms with van der Waals surface area (Å²) in [4.78, 5) is 0. The molecule has 0 aliphatic rings. The fourth-order valence-corrected chi connectivity index (χ4v) is 0. The number of rotatable bonds is 0. The molecule has 8 heavy (non-hydrogen) atoms. The van der Waals surface area contributed by atoms with E-state index in [-0.39, 0.29) is 153 Å². The van der Waals surface area contributed by atoms with Crippen LogP contribution in [-0.4, -0.2) is 0 Å². The molecule has 8 heteroatoms. The standard InChI is InChI=1S/3Mn.5Pd. The van der Waals surface area contributed by atoms with Gasteiger partial charge in [0.15, 0.2) is 0 Å². The SMILES string of the molecule is [Mn].[Mn].[Mn].[Pd].[Pd].[Pd].[Pd].[Pd]. The molecule has 0 aliphatic carbocycles. The van der Waals surface area contributed by atoms with Gasteiger partial charge in [0.25, 0.3) is 0 Å². The monoisotopic (exact) mass is 694 g/mol. The Hall–Kier alpha value is 4.87. The average molecular weight is 697 g/mol. The summed E-state index contributed by atoms with van der Waals surface area (Å²) in [5.74, 6) is 0. The van der Waals surface area contributed by atoms with Crippen molar-refractivity contribution in [2.45, 2.75) is 0 Å². The van der Waals surface area contributed by atoms with Crippen LogP contribution in [0.2, 0.25) is 0 Å². The van der Waals surface area contributed by atoms with Gasteiger partial charge in [-0.1, -0.05) is 0 Å². The summed E-state index contributed by atoms with van der Waals surface area (Å²) in [5.41, 5.74) is 0. The van der Waals surface area contributed by atoms with E-state index < -0.39 is 0 Å². The Morgan fingerprint density at radius 1 is 0.250 bits per heavy atom. The van der Waals surface area contributed by atoms with E-state index in [4.69, 9.17) is 0 Å². The maximum atomic E-state index is 0.